The third-order valence-corrected chi connectivity index (χ3v) is 3.30. The molecule has 1 heterocycles. The van der Waals surface area contributed by atoms with Gasteiger partial charge in [-0.1, -0.05) is 6.92 Å². The molecule has 0 unspecified atom stereocenters. The fraction of sp³-hybridized carbons (Fsp3) is 0.714. The average Bonchev–Trinajstić information content (AvgIpc) is 2.67. The van der Waals surface area contributed by atoms with Crippen molar-refractivity contribution in [1.82, 2.24) is 15.5 Å². The van der Waals surface area contributed by atoms with Gasteiger partial charge in [0.05, 0.1) is 6.20 Å². The molecule has 0 aliphatic heterocycles. The third-order valence-electron chi connectivity index (χ3n) is 3.30. The highest BCUT2D eigenvalue weighted by Crippen LogP contribution is 2.26. The summed E-state index contributed by atoms with van der Waals surface area (Å²) in [6.45, 7) is 8.45. The van der Waals surface area contributed by atoms with E-state index in [4.69, 9.17) is 4.74 Å². The summed E-state index contributed by atoms with van der Waals surface area (Å²) in [6.07, 6.45) is 3.68. The Morgan fingerprint density at radius 2 is 2.20 bits per heavy atom. The highest BCUT2D eigenvalue weighted by Gasteiger charge is 2.25. The molecule has 20 heavy (non-hydrogen) atoms. The smallest absolute Gasteiger partial charge is 0.413 e. The second-order valence-corrected chi connectivity index (χ2v) is 6.55. The first-order valence-corrected chi connectivity index (χ1v) is 7.09. The molecule has 2 rings (SSSR count). The van der Waals surface area contributed by atoms with Gasteiger partial charge in [0.25, 0.3) is 0 Å². The van der Waals surface area contributed by atoms with Gasteiger partial charge >= 0.3 is 6.09 Å². The van der Waals surface area contributed by atoms with Crippen molar-refractivity contribution in [2.75, 3.05) is 5.32 Å². The van der Waals surface area contributed by atoms with Crippen molar-refractivity contribution in [3.63, 3.8) is 0 Å². The summed E-state index contributed by atoms with van der Waals surface area (Å²) in [6, 6.07) is 0.578. The molecule has 1 saturated carbocycles. The molecule has 6 nitrogen and oxygen atoms in total. The predicted molar refractivity (Wildman–Crippen MR) is 77.5 cm³/mol. The molecule has 6 heteroatoms. The normalized spacial score (nSPS) is 22.2. The van der Waals surface area contributed by atoms with Crippen LogP contribution < -0.4 is 10.6 Å². The van der Waals surface area contributed by atoms with Crippen molar-refractivity contribution in [3.05, 3.63) is 11.8 Å². The number of hydrogen-bond donors (Lipinski definition) is 3. The van der Waals surface area contributed by atoms with Crippen molar-refractivity contribution in [3.8, 4) is 0 Å². The van der Waals surface area contributed by atoms with Gasteiger partial charge in [-0.15, -0.1) is 0 Å². The minimum Gasteiger partial charge on any atom is -0.444 e. The van der Waals surface area contributed by atoms with Crippen molar-refractivity contribution >= 4 is 11.9 Å². The molecule has 0 spiro atoms. The summed E-state index contributed by atoms with van der Waals surface area (Å²) in [5.41, 5.74) is 0.431. The van der Waals surface area contributed by atoms with Gasteiger partial charge in [-0.05, 0) is 39.5 Å². The zero-order chi connectivity index (χ0) is 14.8. The van der Waals surface area contributed by atoms with Crippen LogP contribution in [0.15, 0.2) is 6.20 Å². The number of carbonyl (C=O) groups excluding carboxylic acids is 1. The van der Waals surface area contributed by atoms with Gasteiger partial charge in [0.2, 0.25) is 0 Å². The minimum atomic E-state index is -0.509. The van der Waals surface area contributed by atoms with E-state index >= 15 is 0 Å². The number of aromatic nitrogens is 2. The van der Waals surface area contributed by atoms with Crippen molar-refractivity contribution in [2.45, 2.75) is 58.7 Å². The Morgan fingerprint density at radius 1 is 1.50 bits per heavy atom. The molecule has 1 aromatic rings. The number of carbonyl (C=O) groups is 1. The molecule has 1 aromatic heterocycles. The number of H-pyrrole nitrogens is 1. The Hall–Kier alpha value is -1.56. The summed E-state index contributed by atoms with van der Waals surface area (Å²) in [5.74, 6) is 1.41. The lowest BCUT2D eigenvalue weighted by atomic mass is 9.82. The highest BCUT2D eigenvalue weighted by atomic mass is 16.6. The Morgan fingerprint density at radius 3 is 2.80 bits per heavy atom. The van der Waals surface area contributed by atoms with E-state index in [0.717, 1.165) is 11.5 Å². The summed E-state index contributed by atoms with van der Waals surface area (Å²) in [7, 11) is 0. The zero-order valence-electron chi connectivity index (χ0n) is 12.6. The van der Waals surface area contributed by atoms with Gasteiger partial charge in [-0.25, -0.2) is 4.79 Å². The number of nitrogens with one attached hydrogen (secondary N) is 3. The fourth-order valence-electron chi connectivity index (χ4n) is 2.28. The van der Waals surface area contributed by atoms with E-state index in [2.05, 4.69) is 27.8 Å². The Bertz CT molecular complexity index is 458. The number of ether oxygens (including phenoxy) is 1. The molecular weight excluding hydrogens is 256 g/mol. The summed E-state index contributed by atoms with van der Waals surface area (Å²) in [5, 5.41) is 12.9. The van der Waals surface area contributed by atoms with Crippen LogP contribution in [0.2, 0.25) is 0 Å². The van der Waals surface area contributed by atoms with E-state index in [1.54, 1.807) is 6.20 Å². The topological polar surface area (TPSA) is 79.0 Å². The quantitative estimate of drug-likeness (QED) is 0.792. The van der Waals surface area contributed by atoms with Crippen molar-refractivity contribution in [2.24, 2.45) is 5.92 Å². The van der Waals surface area contributed by atoms with Gasteiger partial charge in [0, 0.05) is 18.2 Å². The number of aromatic amines is 1. The molecule has 0 saturated heterocycles. The first-order valence-electron chi connectivity index (χ1n) is 7.09. The molecule has 112 valence electrons. The molecule has 0 aromatic carbocycles. The minimum absolute atomic E-state index is 0.472. The van der Waals surface area contributed by atoms with Crippen LogP contribution in [-0.4, -0.2) is 27.9 Å². The van der Waals surface area contributed by atoms with Crippen LogP contribution in [0.3, 0.4) is 0 Å². The maximum Gasteiger partial charge on any atom is 0.413 e. The van der Waals surface area contributed by atoms with E-state index in [1.807, 2.05) is 20.8 Å². The molecular formula is C14H24N4O2. The van der Waals surface area contributed by atoms with Crippen LogP contribution in [0, 0.1) is 5.92 Å². The van der Waals surface area contributed by atoms with Gasteiger partial charge < -0.3 is 10.1 Å². The largest absolute Gasteiger partial charge is 0.444 e. The van der Waals surface area contributed by atoms with Gasteiger partial charge in [-0.3, -0.25) is 10.4 Å². The van der Waals surface area contributed by atoms with E-state index in [-0.39, 0.29) is 0 Å². The molecule has 1 aliphatic rings. The van der Waals surface area contributed by atoms with Crippen molar-refractivity contribution in [1.29, 1.82) is 0 Å². The summed E-state index contributed by atoms with van der Waals surface area (Å²) in [4.78, 5) is 11.7. The van der Waals surface area contributed by atoms with E-state index in [0.29, 0.717) is 18.4 Å². The monoisotopic (exact) mass is 280 g/mol. The highest BCUT2D eigenvalue weighted by molar-refractivity contribution is 5.84. The number of hydrogen-bond acceptors (Lipinski definition) is 4. The van der Waals surface area contributed by atoms with Crippen LogP contribution in [0.1, 0.15) is 46.1 Å². The summed E-state index contributed by atoms with van der Waals surface area (Å²) >= 11 is 0. The molecule has 1 amide bonds. The zero-order valence-corrected chi connectivity index (χ0v) is 12.6. The third kappa shape index (κ3) is 4.23. The van der Waals surface area contributed by atoms with Gasteiger partial charge in [0.1, 0.15) is 11.4 Å². The summed E-state index contributed by atoms with van der Waals surface area (Å²) < 4.78 is 5.22. The standard InChI is InChI=1S/C14H24N4O2/c1-9-5-11(6-9)15-7-10-8-16-18-12(10)17-13(19)20-14(2,3)4/h8-9,11,15H,5-7H2,1-4H3,(H2,16,17,18,19). The average molecular weight is 280 g/mol. The van der Waals surface area contributed by atoms with Crippen LogP contribution in [0.5, 0.6) is 0 Å². The maximum absolute atomic E-state index is 11.7. The number of amides is 1. The molecule has 0 atom stereocenters. The Balaban J connectivity index is 1.83. The van der Waals surface area contributed by atoms with Crippen LogP contribution in [0.25, 0.3) is 0 Å². The molecule has 1 fully saturated rings. The Kier molecular flexibility index (Phi) is 4.32. The molecule has 0 radical (unpaired) electrons. The van der Waals surface area contributed by atoms with E-state index in [1.165, 1.54) is 12.8 Å². The second-order valence-electron chi connectivity index (χ2n) is 6.55. The van der Waals surface area contributed by atoms with Crippen LogP contribution in [-0.2, 0) is 11.3 Å². The maximum atomic E-state index is 11.7. The second kappa shape index (κ2) is 5.83. The predicted octanol–water partition coefficient (Wildman–Crippen LogP) is 2.64. The Labute approximate surface area is 119 Å². The van der Waals surface area contributed by atoms with E-state index in [9.17, 15) is 4.79 Å². The lowest BCUT2D eigenvalue weighted by Crippen LogP contribution is -2.39. The fourth-order valence-corrected chi connectivity index (χ4v) is 2.28. The molecule has 0 bridgehead atoms. The first kappa shape index (κ1) is 14.8. The van der Waals surface area contributed by atoms with Gasteiger partial charge in [0.15, 0.2) is 0 Å². The number of anilines is 1. The number of rotatable bonds is 4. The lowest BCUT2D eigenvalue weighted by molar-refractivity contribution is 0.0635. The first-order chi connectivity index (χ1) is 9.33. The molecule has 3 N–H and O–H groups in total. The lowest BCUT2D eigenvalue weighted by Gasteiger charge is -2.33. The van der Waals surface area contributed by atoms with Crippen LogP contribution in [0.4, 0.5) is 10.6 Å². The molecule has 1 aliphatic carbocycles. The number of nitrogens with zero attached hydrogens (tertiary/aromatic N) is 1. The van der Waals surface area contributed by atoms with Crippen LogP contribution >= 0.6 is 0 Å². The van der Waals surface area contributed by atoms with Gasteiger partial charge in [-0.2, -0.15) is 5.10 Å². The van der Waals surface area contributed by atoms with Crippen molar-refractivity contribution < 1.29 is 9.53 Å². The van der Waals surface area contributed by atoms with E-state index < -0.39 is 11.7 Å². The SMILES string of the molecule is CC1CC(NCc2cn[nH]c2NC(=O)OC(C)(C)C)C1.